The van der Waals surface area contributed by atoms with Gasteiger partial charge in [0.05, 0.1) is 5.69 Å². The number of aromatic nitrogens is 1. The molecule has 2 rings (SSSR count). The van der Waals surface area contributed by atoms with Gasteiger partial charge in [-0.25, -0.2) is 4.98 Å². The Balaban J connectivity index is 1.77. The van der Waals surface area contributed by atoms with Gasteiger partial charge in [-0.3, -0.25) is 0 Å². The van der Waals surface area contributed by atoms with Crippen LogP contribution in [0.2, 0.25) is 0 Å². The van der Waals surface area contributed by atoms with E-state index in [9.17, 15) is 0 Å². The summed E-state index contributed by atoms with van der Waals surface area (Å²) in [6.07, 6.45) is 5.14. The molecule has 1 aliphatic heterocycles. The first-order chi connectivity index (χ1) is 7.78. The van der Waals surface area contributed by atoms with Gasteiger partial charge >= 0.3 is 0 Å². The molecule has 2 heterocycles. The van der Waals surface area contributed by atoms with Gasteiger partial charge in [0.25, 0.3) is 0 Å². The zero-order chi connectivity index (χ0) is 11.4. The monoisotopic (exact) mass is 239 g/mol. The minimum Gasteiger partial charge on any atom is -0.375 e. The molecule has 90 valence electrons. The van der Waals surface area contributed by atoms with Crippen LogP contribution >= 0.6 is 11.3 Å². The molecular formula is C12H21N3S. The van der Waals surface area contributed by atoms with E-state index in [1.165, 1.54) is 32.4 Å². The molecule has 1 fully saturated rings. The Bertz CT molecular complexity index is 324. The average Bonchev–Trinajstić information content (AvgIpc) is 2.73. The maximum atomic E-state index is 5.62. The Morgan fingerprint density at radius 2 is 2.50 bits per heavy atom. The third-order valence-corrected chi connectivity index (χ3v) is 4.16. The van der Waals surface area contributed by atoms with Crippen LogP contribution in [0.4, 0.5) is 5.13 Å². The molecule has 16 heavy (non-hydrogen) atoms. The molecule has 0 aliphatic carbocycles. The van der Waals surface area contributed by atoms with Crippen molar-refractivity contribution in [1.82, 2.24) is 9.88 Å². The molecule has 0 radical (unpaired) electrons. The Morgan fingerprint density at radius 1 is 1.62 bits per heavy atom. The fourth-order valence-electron chi connectivity index (χ4n) is 2.40. The maximum Gasteiger partial charge on any atom is 0.180 e. The standard InChI is InChI=1S/C12H21N3S/c1-2-10-4-3-6-15(8-10)7-5-11-9-16-12(13)14-11/h9-10H,2-8H2,1H3,(H2,13,14). The van der Waals surface area contributed by atoms with E-state index in [1.54, 1.807) is 11.3 Å². The summed E-state index contributed by atoms with van der Waals surface area (Å²) in [5.41, 5.74) is 6.78. The van der Waals surface area contributed by atoms with Crippen molar-refractivity contribution >= 4 is 16.5 Å². The first kappa shape index (κ1) is 11.9. The lowest BCUT2D eigenvalue weighted by molar-refractivity contribution is 0.173. The summed E-state index contributed by atoms with van der Waals surface area (Å²) < 4.78 is 0. The number of nitrogens with zero attached hydrogens (tertiary/aromatic N) is 2. The molecule has 3 nitrogen and oxygen atoms in total. The van der Waals surface area contributed by atoms with Crippen LogP contribution in [0.1, 0.15) is 31.9 Å². The zero-order valence-electron chi connectivity index (χ0n) is 9.98. The van der Waals surface area contributed by atoms with Crippen molar-refractivity contribution in [2.45, 2.75) is 32.6 Å². The Kier molecular flexibility index (Phi) is 4.18. The van der Waals surface area contributed by atoms with Crippen LogP contribution in [-0.4, -0.2) is 29.5 Å². The Labute approximate surface area is 102 Å². The SMILES string of the molecule is CCC1CCCN(CCc2csc(N)n2)C1. The minimum absolute atomic E-state index is 0.695. The van der Waals surface area contributed by atoms with Gasteiger partial charge in [-0.15, -0.1) is 11.3 Å². The molecule has 4 heteroatoms. The molecule has 0 saturated carbocycles. The lowest BCUT2D eigenvalue weighted by Gasteiger charge is -2.31. The molecular weight excluding hydrogens is 218 g/mol. The van der Waals surface area contributed by atoms with Crippen LogP contribution < -0.4 is 5.73 Å². The van der Waals surface area contributed by atoms with E-state index in [4.69, 9.17) is 5.73 Å². The fourth-order valence-corrected chi connectivity index (χ4v) is 3.00. The quantitative estimate of drug-likeness (QED) is 0.877. The van der Waals surface area contributed by atoms with E-state index in [0.29, 0.717) is 5.13 Å². The summed E-state index contributed by atoms with van der Waals surface area (Å²) in [6, 6.07) is 0. The molecule has 0 aromatic carbocycles. The summed E-state index contributed by atoms with van der Waals surface area (Å²) in [4.78, 5) is 6.88. The number of nitrogens with two attached hydrogens (primary N) is 1. The number of nitrogen functional groups attached to an aromatic ring is 1. The number of piperidine rings is 1. The molecule has 1 unspecified atom stereocenters. The average molecular weight is 239 g/mol. The first-order valence-corrected chi connectivity index (χ1v) is 7.08. The first-order valence-electron chi connectivity index (χ1n) is 6.20. The molecule has 0 amide bonds. The van der Waals surface area contributed by atoms with E-state index in [0.717, 1.165) is 24.6 Å². The lowest BCUT2D eigenvalue weighted by Crippen LogP contribution is -2.36. The van der Waals surface area contributed by atoms with Crippen molar-refractivity contribution < 1.29 is 0 Å². The summed E-state index contributed by atoms with van der Waals surface area (Å²) >= 11 is 1.54. The van der Waals surface area contributed by atoms with Crippen molar-refractivity contribution in [2.75, 3.05) is 25.4 Å². The van der Waals surface area contributed by atoms with Crippen LogP contribution in [0.5, 0.6) is 0 Å². The molecule has 1 saturated heterocycles. The highest BCUT2D eigenvalue weighted by atomic mass is 32.1. The van der Waals surface area contributed by atoms with Crippen LogP contribution in [-0.2, 0) is 6.42 Å². The van der Waals surface area contributed by atoms with Gasteiger partial charge in [0.1, 0.15) is 0 Å². The summed E-state index contributed by atoms with van der Waals surface area (Å²) in [5, 5.41) is 2.77. The van der Waals surface area contributed by atoms with Crippen molar-refractivity contribution in [3.63, 3.8) is 0 Å². The second-order valence-electron chi connectivity index (χ2n) is 4.64. The Hall–Kier alpha value is -0.610. The highest BCUT2D eigenvalue weighted by molar-refractivity contribution is 7.13. The number of hydrogen-bond donors (Lipinski definition) is 1. The van der Waals surface area contributed by atoms with Gasteiger partial charge in [-0.1, -0.05) is 13.3 Å². The van der Waals surface area contributed by atoms with Crippen LogP contribution in [0.3, 0.4) is 0 Å². The Morgan fingerprint density at radius 3 is 3.19 bits per heavy atom. The summed E-state index contributed by atoms with van der Waals surface area (Å²) in [6.45, 7) is 5.97. The molecule has 2 N–H and O–H groups in total. The lowest BCUT2D eigenvalue weighted by atomic mass is 9.95. The van der Waals surface area contributed by atoms with Gasteiger partial charge in [0.15, 0.2) is 5.13 Å². The van der Waals surface area contributed by atoms with E-state index >= 15 is 0 Å². The summed E-state index contributed by atoms with van der Waals surface area (Å²) in [7, 11) is 0. The predicted molar refractivity (Wildman–Crippen MR) is 69.7 cm³/mol. The zero-order valence-corrected chi connectivity index (χ0v) is 10.8. The van der Waals surface area contributed by atoms with Crippen molar-refractivity contribution in [3.8, 4) is 0 Å². The maximum absolute atomic E-state index is 5.62. The summed E-state index contributed by atoms with van der Waals surface area (Å²) in [5.74, 6) is 0.911. The van der Waals surface area contributed by atoms with Gasteiger partial charge in [0, 0.05) is 24.9 Å². The normalized spacial score (nSPS) is 22.4. The van der Waals surface area contributed by atoms with Crippen LogP contribution in [0.15, 0.2) is 5.38 Å². The van der Waals surface area contributed by atoms with E-state index < -0.39 is 0 Å². The molecule has 0 bridgehead atoms. The van der Waals surface area contributed by atoms with Gasteiger partial charge in [-0.2, -0.15) is 0 Å². The van der Waals surface area contributed by atoms with Crippen molar-refractivity contribution in [2.24, 2.45) is 5.92 Å². The highest BCUT2D eigenvalue weighted by Crippen LogP contribution is 2.19. The number of rotatable bonds is 4. The molecule has 1 atom stereocenters. The van der Waals surface area contributed by atoms with E-state index in [2.05, 4.69) is 22.2 Å². The number of likely N-dealkylation sites (tertiary alicyclic amines) is 1. The van der Waals surface area contributed by atoms with Gasteiger partial charge in [0.2, 0.25) is 0 Å². The molecule has 1 aromatic rings. The third kappa shape index (κ3) is 3.19. The van der Waals surface area contributed by atoms with Crippen molar-refractivity contribution in [1.29, 1.82) is 0 Å². The van der Waals surface area contributed by atoms with Crippen LogP contribution in [0.25, 0.3) is 0 Å². The van der Waals surface area contributed by atoms with E-state index in [1.807, 2.05) is 0 Å². The fraction of sp³-hybridized carbons (Fsp3) is 0.750. The minimum atomic E-state index is 0.695. The third-order valence-electron chi connectivity index (χ3n) is 3.43. The van der Waals surface area contributed by atoms with Crippen LogP contribution in [0, 0.1) is 5.92 Å². The topological polar surface area (TPSA) is 42.1 Å². The highest BCUT2D eigenvalue weighted by Gasteiger charge is 2.18. The van der Waals surface area contributed by atoms with Crippen molar-refractivity contribution in [3.05, 3.63) is 11.1 Å². The van der Waals surface area contributed by atoms with E-state index in [-0.39, 0.29) is 0 Å². The smallest absolute Gasteiger partial charge is 0.180 e. The second kappa shape index (κ2) is 5.64. The molecule has 1 aliphatic rings. The molecule has 1 aromatic heterocycles. The second-order valence-corrected chi connectivity index (χ2v) is 5.53. The number of hydrogen-bond acceptors (Lipinski definition) is 4. The number of thiazole rings is 1. The van der Waals surface area contributed by atoms with Gasteiger partial charge in [-0.05, 0) is 25.3 Å². The predicted octanol–water partition coefficient (Wildman–Crippen LogP) is 2.39. The van der Waals surface area contributed by atoms with Gasteiger partial charge < -0.3 is 10.6 Å². The molecule has 0 spiro atoms. The largest absolute Gasteiger partial charge is 0.375 e. The number of anilines is 1.